The second-order valence-electron chi connectivity index (χ2n) is 6.25. The van der Waals surface area contributed by atoms with Crippen LogP contribution >= 0.6 is 11.6 Å². The van der Waals surface area contributed by atoms with E-state index in [1.165, 1.54) is 0 Å². The lowest BCUT2D eigenvalue weighted by molar-refractivity contribution is -0.122. The van der Waals surface area contributed by atoms with E-state index >= 15 is 0 Å². The van der Waals surface area contributed by atoms with Crippen LogP contribution in [-0.2, 0) is 11.2 Å². The lowest BCUT2D eigenvalue weighted by atomic mass is 9.98. The summed E-state index contributed by atoms with van der Waals surface area (Å²) in [5.74, 6) is 0.961. The summed E-state index contributed by atoms with van der Waals surface area (Å²) in [7, 11) is 0. The molecule has 2 aromatic rings. The van der Waals surface area contributed by atoms with Gasteiger partial charge >= 0.3 is 0 Å². The first-order valence-electron chi connectivity index (χ1n) is 7.81. The number of rotatable bonds is 3. The maximum Gasteiger partial charge on any atom is 0.265 e. The Kier molecular flexibility index (Phi) is 4.31. The fourth-order valence-corrected chi connectivity index (χ4v) is 3.10. The van der Waals surface area contributed by atoms with Gasteiger partial charge in [0.2, 0.25) is 0 Å². The minimum Gasteiger partial charge on any atom is -0.480 e. The van der Waals surface area contributed by atoms with Gasteiger partial charge in [-0.05, 0) is 47.7 Å². The minimum absolute atomic E-state index is 0.117. The highest BCUT2D eigenvalue weighted by atomic mass is 35.5. The second kappa shape index (κ2) is 6.25. The standard InChI is InChI=1S/C19H20ClNO2/c1-11(2)15-6-4-5-12(3)18(15)21-19(22)17-10-13-9-14(20)7-8-16(13)23-17/h4-9,11,17H,10H2,1-3H3,(H,21,22). The highest BCUT2D eigenvalue weighted by molar-refractivity contribution is 6.30. The van der Waals surface area contributed by atoms with Gasteiger partial charge in [-0.25, -0.2) is 0 Å². The van der Waals surface area contributed by atoms with E-state index in [4.69, 9.17) is 16.3 Å². The summed E-state index contributed by atoms with van der Waals surface area (Å²) in [6, 6.07) is 11.5. The first-order valence-corrected chi connectivity index (χ1v) is 8.19. The van der Waals surface area contributed by atoms with Crippen molar-refractivity contribution >= 4 is 23.2 Å². The predicted molar refractivity (Wildman–Crippen MR) is 93.5 cm³/mol. The number of carbonyl (C=O) groups is 1. The lowest BCUT2D eigenvalue weighted by Crippen LogP contribution is -2.32. The van der Waals surface area contributed by atoms with Gasteiger partial charge in [-0.1, -0.05) is 43.6 Å². The number of anilines is 1. The van der Waals surface area contributed by atoms with Gasteiger partial charge in [0.05, 0.1) is 0 Å². The van der Waals surface area contributed by atoms with Crippen molar-refractivity contribution in [2.75, 3.05) is 5.32 Å². The van der Waals surface area contributed by atoms with Crippen molar-refractivity contribution in [2.24, 2.45) is 0 Å². The van der Waals surface area contributed by atoms with Crippen molar-refractivity contribution in [1.29, 1.82) is 0 Å². The van der Waals surface area contributed by atoms with Crippen LogP contribution < -0.4 is 10.1 Å². The van der Waals surface area contributed by atoms with Gasteiger partial charge in [-0.2, -0.15) is 0 Å². The maximum absolute atomic E-state index is 12.6. The van der Waals surface area contributed by atoms with Crippen LogP contribution in [0.4, 0.5) is 5.69 Å². The van der Waals surface area contributed by atoms with E-state index in [1.807, 2.05) is 31.2 Å². The summed E-state index contributed by atoms with van der Waals surface area (Å²) in [6.45, 7) is 6.24. The van der Waals surface area contributed by atoms with E-state index in [9.17, 15) is 4.79 Å². The van der Waals surface area contributed by atoms with Crippen molar-refractivity contribution in [3.8, 4) is 5.75 Å². The number of hydrogen-bond acceptors (Lipinski definition) is 2. The van der Waals surface area contributed by atoms with E-state index in [0.717, 1.165) is 28.1 Å². The molecule has 0 radical (unpaired) electrons. The zero-order valence-electron chi connectivity index (χ0n) is 13.5. The molecule has 1 atom stereocenters. The van der Waals surface area contributed by atoms with Gasteiger partial charge in [-0.15, -0.1) is 0 Å². The normalized spacial score (nSPS) is 16.1. The van der Waals surface area contributed by atoms with E-state index in [1.54, 1.807) is 6.07 Å². The van der Waals surface area contributed by atoms with Crippen LogP contribution in [0.15, 0.2) is 36.4 Å². The third-order valence-electron chi connectivity index (χ3n) is 4.16. The molecule has 120 valence electrons. The Bertz CT molecular complexity index is 755. The molecule has 0 bridgehead atoms. The fourth-order valence-electron chi connectivity index (χ4n) is 2.91. The van der Waals surface area contributed by atoms with Crippen LogP contribution in [0, 0.1) is 6.92 Å². The van der Waals surface area contributed by atoms with Crippen molar-refractivity contribution in [3.63, 3.8) is 0 Å². The Morgan fingerprint density at radius 1 is 1.30 bits per heavy atom. The Morgan fingerprint density at radius 2 is 2.09 bits per heavy atom. The second-order valence-corrected chi connectivity index (χ2v) is 6.68. The van der Waals surface area contributed by atoms with E-state index in [2.05, 4.69) is 25.2 Å². The Labute approximate surface area is 141 Å². The van der Waals surface area contributed by atoms with Crippen molar-refractivity contribution in [2.45, 2.75) is 39.2 Å². The van der Waals surface area contributed by atoms with E-state index in [-0.39, 0.29) is 5.91 Å². The topological polar surface area (TPSA) is 38.3 Å². The molecule has 1 unspecified atom stereocenters. The molecule has 0 fully saturated rings. The molecule has 0 aromatic heterocycles. The number of amides is 1. The average Bonchev–Trinajstić information content (AvgIpc) is 2.92. The quantitative estimate of drug-likeness (QED) is 0.885. The molecule has 1 amide bonds. The molecule has 1 N–H and O–H groups in total. The van der Waals surface area contributed by atoms with Gasteiger partial charge in [0.25, 0.3) is 5.91 Å². The third-order valence-corrected chi connectivity index (χ3v) is 4.40. The van der Waals surface area contributed by atoms with Crippen LogP contribution in [0.1, 0.15) is 36.5 Å². The summed E-state index contributed by atoms with van der Waals surface area (Å²) in [5, 5.41) is 3.72. The lowest BCUT2D eigenvalue weighted by Gasteiger charge is -2.18. The molecule has 0 saturated carbocycles. The zero-order chi connectivity index (χ0) is 16.6. The Morgan fingerprint density at radius 3 is 2.83 bits per heavy atom. The Balaban J connectivity index is 1.79. The molecule has 0 saturated heterocycles. The third kappa shape index (κ3) is 3.20. The van der Waals surface area contributed by atoms with Gasteiger partial charge in [0.15, 0.2) is 6.10 Å². The molecular weight excluding hydrogens is 310 g/mol. The van der Waals surface area contributed by atoms with Crippen LogP contribution in [0.3, 0.4) is 0 Å². The van der Waals surface area contributed by atoms with Crippen LogP contribution in [-0.4, -0.2) is 12.0 Å². The van der Waals surface area contributed by atoms with Crippen molar-refractivity contribution in [1.82, 2.24) is 0 Å². The van der Waals surface area contributed by atoms with Crippen molar-refractivity contribution < 1.29 is 9.53 Å². The molecule has 1 aliphatic rings. The molecule has 1 aliphatic heterocycles. The number of aryl methyl sites for hydroxylation is 1. The van der Waals surface area contributed by atoms with Crippen LogP contribution in [0.5, 0.6) is 5.75 Å². The molecule has 3 nitrogen and oxygen atoms in total. The SMILES string of the molecule is Cc1cccc(C(C)C)c1NC(=O)C1Cc2cc(Cl)ccc2O1. The molecule has 23 heavy (non-hydrogen) atoms. The number of carbonyl (C=O) groups excluding carboxylic acids is 1. The first kappa shape index (κ1) is 15.9. The monoisotopic (exact) mass is 329 g/mol. The summed E-state index contributed by atoms with van der Waals surface area (Å²) < 4.78 is 5.77. The van der Waals surface area contributed by atoms with E-state index in [0.29, 0.717) is 17.4 Å². The number of halogens is 1. The fraction of sp³-hybridized carbons (Fsp3) is 0.316. The summed E-state index contributed by atoms with van der Waals surface area (Å²) in [4.78, 5) is 12.6. The highest BCUT2D eigenvalue weighted by Gasteiger charge is 2.30. The minimum atomic E-state index is -0.511. The highest BCUT2D eigenvalue weighted by Crippen LogP contribution is 2.32. The molecular formula is C19H20ClNO2. The zero-order valence-corrected chi connectivity index (χ0v) is 14.3. The number of ether oxygens (including phenoxy) is 1. The Hall–Kier alpha value is -2.00. The van der Waals surface area contributed by atoms with Gasteiger partial charge in [0, 0.05) is 17.1 Å². The van der Waals surface area contributed by atoms with Crippen LogP contribution in [0.2, 0.25) is 5.02 Å². The number of para-hydroxylation sites is 1. The molecule has 2 aromatic carbocycles. The van der Waals surface area contributed by atoms with Gasteiger partial charge in [-0.3, -0.25) is 4.79 Å². The van der Waals surface area contributed by atoms with Gasteiger partial charge < -0.3 is 10.1 Å². The summed E-state index contributed by atoms with van der Waals surface area (Å²) >= 11 is 6.00. The largest absolute Gasteiger partial charge is 0.480 e. The van der Waals surface area contributed by atoms with E-state index < -0.39 is 6.10 Å². The smallest absolute Gasteiger partial charge is 0.265 e. The average molecular weight is 330 g/mol. The van der Waals surface area contributed by atoms with Gasteiger partial charge in [0.1, 0.15) is 5.75 Å². The van der Waals surface area contributed by atoms with Crippen molar-refractivity contribution in [3.05, 3.63) is 58.1 Å². The number of nitrogens with one attached hydrogen (secondary N) is 1. The molecule has 0 aliphatic carbocycles. The maximum atomic E-state index is 12.6. The molecule has 3 rings (SSSR count). The first-order chi connectivity index (χ1) is 11.0. The van der Waals surface area contributed by atoms with Crippen LogP contribution in [0.25, 0.3) is 0 Å². The predicted octanol–water partition coefficient (Wildman–Crippen LogP) is 4.71. The number of hydrogen-bond donors (Lipinski definition) is 1. The summed E-state index contributed by atoms with van der Waals surface area (Å²) in [5.41, 5.74) is 4.07. The molecule has 1 heterocycles. The molecule has 4 heteroatoms. The number of benzene rings is 2. The molecule has 0 spiro atoms. The summed E-state index contributed by atoms with van der Waals surface area (Å²) in [6.07, 6.45) is 0.0352. The number of fused-ring (bicyclic) bond motifs is 1.